The molecule has 19 heavy (non-hydrogen) atoms. The summed E-state index contributed by atoms with van der Waals surface area (Å²) in [6, 6.07) is 3.22. The first-order valence-corrected chi connectivity index (χ1v) is 6.83. The fraction of sp³-hybridized carbons (Fsp3) is 0.600. The maximum Gasteiger partial charge on any atom is 0.337 e. The Morgan fingerprint density at radius 2 is 1.89 bits per heavy atom. The third-order valence-corrected chi connectivity index (χ3v) is 3.71. The maximum atomic E-state index is 10.9. The van der Waals surface area contributed by atoms with Gasteiger partial charge in [0.05, 0.1) is 11.3 Å². The molecule has 0 saturated heterocycles. The van der Waals surface area contributed by atoms with Crippen LogP contribution in [0.25, 0.3) is 0 Å². The number of aryl methyl sites for hydroxylation is 1. The lowest BCUT2D eigenvalue weighted by Crippen LogP contribution is -2.28. The predicted octanol–water partition coefficient (Wildman–Crippen LogP) is 3.29. The lowest BCUT2D eigenvalue weighted by molar-refractivity contribution is 0.0695. The SMILES string of the molecule is Cc1nc(OC2CC(C)CC(C)C2)ccc1C(=O)O. The predicted molar refractivity (Wildman–Crippen MR) is 72.5 cm³/mol. The van der Waals surface area contributed by atoms with Crippen molar-refractivity contribution in [2.45, 2.75) is 46.1 Å². The first kappa shape index (κ1) is 13.8. The third-order valence-electron chi connectivity index (χ3n) is 3.71. The molecule has 0 aromatic carbocycles. The molecule has 1 fully saturated rings. The van der Waals surface area contributed by atoms with Crippen LogP contribution in [0.5, 0.6) is 5.88 Å². The van der Waals surface area contributed by atoms with E-state index >= 15 is 0 Å². The van der Waals surface area contributed by atoms with Crippen LogP contribution in [-0.2, 0) is 0 Å². The van der Waals surface area contributed by atoms with E-state index in [2.05, 4.69) is 18.8 Å². The van der Waals surface area contributed by atoms with Crippen LogP contribution in [0.15, 0.2) is 12.1 Å². The maximum absolute atomic E-state index is 10.9. The highest BCUT2D eigenvalue weighted by atomic mass is 16.5. The average molecular weight is 263 g/mol. The fourth-order valence-corrected chi connectivity index (χ4v) is 2.97. The zero-order chi connectivity index (χ0) is 14.0. The van der Waals surface area contributed by atoms with Crippen molar-refractivity contribution in [1.82, 2.24) is 4.98 Å². The molecule has 1 heterocycles. The van der Waals surface area contributed by atoms with E-state index in [-0.39, 0.29) is 11.7 Å². The van der Waals surface area contributed by atoms with Crippen LogP contribution >= 0.6 is 0 Å². The highest BCUT2D eigenvalue weighted by molar-refractivity contribution is 5.88. The molecule has 0 spiro atoms. The van der Waals surface area contributed by atoms with Crippen molar-refractivity contribution in [3.05, 3.63) is 23.4 Å². The minimum Gasteiger partial charge on any atom is -0.478 e. The second-order valence-electron chi connectivity index (χ2n) is 5.74. The summed E-state index contributed by atoms with van der Waals surface area (Å²) in [4.78, 5) is 15.2. The van der Waals surface area contributed by atoms with Crippen LogP contribution in [0, 0.1) is 18.8 Å². The summed E-state index contributed by atoms with van der Waals surface area (Å²) in [7, 11) is 0. The van der Waals surface area contributed by atoms with E-state index in [0.717, 1.165) is 12.8 Å². The number of hydrogen-bond donors (Lipinski definition) is 1. The highest BCUT2D eigenvalue weighted by Crippen LogP contribution is 2.31. The number of aromatic carboxylic acids is 1. The van der Waals surface area contributed by atoms with Gasteiger partial charge in [-0.1, -0.05) is 13.8 Å². The van der Waals surface area contributed by atoms with Gasteiger partial charge < -0.3 is 9.84 Å². The molecule has 1 N–H and O–H groups in total. The molecule has 2 rings (SSSR count). The van der Waals surface area contributed by atoms with Crippen molar-refractivity contribution in [3.63, 3.8) is 0 Å². The van der Waals surface area contributed by atoms with Gasteiger partial charge in [0, 0.05) is 6.07 Å². The Balaban J connectivity index is 2.07. The number of rotatable bonds is 3. The fourth-order valence-electron chi connectivity index (χ4n) is 2.97. The Morgan fingerprint density at radius 3 is 2.42 bits per heavy atom. The van der Waals surface area contributed by atoms with Gasteiger partial charge in [-0.25, -0.2) is 9.78 Å². The van der Waals surface area contributed by atoms with Gasteiger partial charge in [-0.15, -0.1) is 0 Å². The molecular formula is C15H21NO3. The van der Waals surface area contributed by atoms with Gasteiger partial charge in [-0.3, -0.25) is 0 Å². The number of ether oxygens (including phenoxy) is 1. The van der Waals surface area contributed by atoms with Gasteiger partial charge in [0.25, 0.3) is 0 Å². The van der Waals surface area contributed by atoms with E-state index in [0.29, 0.717) is 23.4 Å². The van der Waals surface area contributed by atoms with Gasteiger partial charge in [0.15, 0.2) is 0 Å². The molecule has 0 radical (unpaired) electrons. The molecule has 1 aromatic rings. The van der Waals surface area contributed by atoms with E-state index in [1.807, 2.05) is 0 Å². The standard InChI is InChI=1S/C15H21NO3/c1-9-6-10(2)8-12(7-9)19-14-5-4-13(15(17)18)11(3)16-14/h4-5,9-10,12H,6-8H2,1-3H3,(H,17,18). The molecule has 0 aliphatic heterocycles. The van der Waals surface area contributed by atoms with E-state index in [4.69, 9.17) is 9.84 Å². The first-order chi connectivity index (χ1) is 8.95. The topological polar surface area (TPSA) is 59.4 Å². The molecule has 4 heteroatoms. The smallest absolute Gasteiger partial charge is 0.337 e. The Labute approximate surface area is 113 Å². The molecule has 0 bridgehead atoms. The van der Waals surface area contributed by atoms with Gasteiger partial charge in [-0.05, 0) is 44.1 Å². The number of pyridine rings is 1. The molecule has 0 amide bonds. The van der Waals surface area contributed by atoms with E-state index in [1.54, 1.807) is 19.1 Å². The summed E-state index contributed by atoms with van der Waals surface area (Å²) in [5, 5.41) is 8.97. The number of nitrogens with zero attached hydrogens (tertiary/aromatic N) is 1. The van der Waals surface area contributed by atoms with Gasteiger partial charge in [-0.2, -0.15) is 0 Å². The second-order valence-corrected chi connectivity index (χ2v) is 5.74. The summed E-state index contributed by atoms with van der Waals surface area (Å²) in [5.41, 5.74) is 0.736. The number of carbonyl (C=O) groups is 1. The quantitative estimate of drug-likeness (QED) is 0.909. The van der Waals surface area contributed by atoms with Gasteiger partial charge in [0.2, 0.25) is 5.88 Å². The average Bonchev–Trinajstić information content (AvgIpc) is 2.26. The first-order valence-electron chi connectivity index (χ1n) is 6.83. The van der Waals surface area contributed by atoms with Crippen molar-refractivity contribution >= 4 is 5.97 Å². The molecule has 2 unspecified atom stereocenters. The third kappa shape index (κ3) is 3.46. The van der Waals surface area contributed by atoms with Crippen molar-refractivity contribution in [3.8, 4) is 5.88 Å². The van der Waals surface area contributed by atoms with Crippen molar-refractivity contribution in [1.29, 1.82) is 0 Å². The molecule has 1 saturated carbocycles. The molecule has 1 aliphatic rings. The summed E-state index contributed by atoms with van der Waals surface area (Å²) < 4.78 is 5.91. The van der Waals surface area contributed by atoms with Crippen LogP contribution in [0.2, 0.25) is 0 Å². The largest absolute Gasteiger partial charge is 0.478 e. The monoisotopic (exact) mass is 263 g/mol. The number of aromatic nitrogens is 1. The highest BCUT2D eigenvalue weighted by Gasteiger charge is 2.25. The van der Waals surface area contributed by atoms with Crippen LogP contribution < -0.4 is 4.74 Å². The Morgan fingerprint density at radius 1 is 1.26 bits per heavy atom. The normalized spacial score (nSPS) is 27.0. The van der Waals surface area contributed by atoms with Gasteiger partial charge in [0.1, 0.15) is 6.10 Å². The van der Waals surface area contributed by atoms with E-state index < -0.39 is 5.97 Å². The summed E-state index contributed by atoms with van der Waals surface area (Å²) in [6.07, 6.45) is 3.54. The molecular weight excluding hydrogens is 242 g/mol. The van der Waals surface area contributed by atoms with Crippen LogP contribution in [0.4, 0.5) is 0 Å². The molecule has 1 aliphatic carbocycles. The second kappa shape index (κ2) is 5.59. The zero-order valence-electron chi connectivity index (χ0n) is 11.7. The minimum absolute atomic E-state index is 0.196. The van der Waals surface area contributed by atoms with Crippen LogP contribution in [0.1, 0.15) is 49.2 Å². The molecule has 104 valence electrons. The lowest BCUT2D eigenvalue weighted by atomic mass is 9.82. The van der Waals surface area contributed by atoms with Crippen LogP contribution in [0.3, 0.4) is 0 Å². The van der Waals surface area contributed by atoms with E-state index in [1.165, 1.54) is 6.42 Å². The van der Waals surface area contributed by atoms with Crippen LogP contribution in [-0.4, -0.2) is 22.2 Å². The summed E-state index contributed by atoms with van der Waals surface area (Å²) in [6.45, 7) is 6.19. The van der Waals surface area contributed by atoms with Crippen molar-refractivity contribution < 1.29 is 14.6 Å². The molecule has 4 nitrogen and oxygen atoms in total. The minimum atomic E-state index is -0.948. The van der Waals surface area contributed by atoms with Crippen molar-refractivity contribution in [2.75, 3.05) is 0 Å². The van der Waals surface area contributed by atoms with E-state index in [9.17, 15) is 4.79 Å². The number of carboxylic acids is 1. The van der Waals surface area contributed by atoms with Gasteiger partial charge >= 0.3 is 5.97 Å². The number of hydrogen-bond acceptors (Lipinski definition) is 3. The molecule has 1 aromatic heterocycles. The van der Waals surface area contributed by atoms with Crippen molar-refractivity contribution in [2.24, 2.45) is 11.8 Å². The summed E-state index contributed by atoms with van der Waals surface area (Å²) in [5.74, 6) is 0.937. The number of carboxylic acid groups (broad SMARTS) is 1. The summed E-state index contributed by atoms with van der Waals surface area (Å²) >= 11 is 0. The Hall–Kier alpha value is -1.58. The molecule has 2 atom stereocenters. The Kier molecular flexibility index (Phi) is 4.08. The Bertz CT molecular complexity index is 462. The zero-order valence-corrected chi connectivity index (χ0v) is 11.7. The lowest BCUT2D eigenvalue weighted by Gasteiger charge is -2.31.